The third-order valence-electron chi connectivity index (χ3n) is 4.40. The van der Waals surface area contributed by atoms with Crippen molar-refractivity contribution < 1.29 is 18.3 Å². The zero-order chi connectivity index (χ0) is 22.5. The van der Waals surface area contributed by atoms with Crippen molar-refractivity contribution in [2.24, 2.45) is 0 Å². The molecule has 162 valence electrons. The van der Waals surface area contributed by atoms with E-state index in [0.29, 0.717) is 28.1 Å². The van der Waals surface area contributed by atoms with Gasteiger partial charge in [-0.1, -0.05) is 30.0 Å². The Kier molecular flexibility index (Phi) is 6.41. The Bertz CT molecular complexity index is 1230. The number of para-hydroxylation sites is 1. The number of carbonyl (C=O) groups is 1. The summed E-state index contributed by atoms with van der Waals surface area (Å²) in [5, 5.41) is 11.1. The second kappa shape index (κ2) is 9.56. The molecule has 0 atom stereocenters. The predicted molar refractivity (Wildman–Crippen MR) is 117 cm³/mol. The Hall–Kier alpha value is -3.79. The van der Waals surface area contributed by atoms with Gasteiger partial charge in [-0.15, -0.1) is 10.2 Å². The quantitative estimate of drug-likeness (QED) is 0.419. The van der Waals surface area contributed by atoms with Gasteiger partial charge in [-0.05, 0) is 36.4 Å². The number of thioether (sulfide) groups is 1. The van der Waals surface area contributed by atoms with Crippen LogP contribution in [0.15, 0.2) is 72.0 Å². The first-order chi connectivity index (χ1) is 15.6. The fourth-order valence-electron chi connectivity index (χ4n) is 2.93. The number of hydrogen-bond acceptors (Lipinski definition) is 6. The van der Waals surface area contributed by atoms with E-state index >= 15 is 0 Å². The number of methoxy groups -OCH3 is 1. The maximum absolute atomic E-state index is 13.8. The maximum Gasteiger partial charge on any atom is 0.235 e. The molecule has 2 aromatic heterocycles. The van der Waals surface area contributed by atoms with Crippen molar-refractivity contribution in [2.75, 3.05) is 18.2 Å². The third-order valence-corrected chi connectivity index (χ3v) is 5.33. The predicted octanol–water partition coefficient (Wildman–Crippen LogP) is 4.35. The highest BCUT2D eigenvalue weighted by atomic mass is 32.2. The van der Waals surface area contributed by atoms with E-state index < -0.39 is 23.2 Å². The van der Waals surface area contributed by atoms with Crippen molar-refractivity contribution in [2.45, 2.75) is 5.16 Å². The van der Waals surface area contributed by atoms with Crippen molar-refractivity contribution in [3.63, 3.8) is 0 Å². The number of nitrogens with zero attached hydrogens (tertiary/aromatic N) is 4. The number of nitrogens with one attached hydrogen (secondary N) is 1. The average molecular weight is 453 g/mol. The molecule has 0 saturated heterocycles. The highest BCUT2D eigenvalue weighted by Crippen LogP contribution is 2.29. The van der Waals surface area contributed by atoms with E-state index in [1.165, 1.54) is 6.07 Å². The van der Waals surface area contributed by atoms with Gasteiger partial charge in [-0.2, -0.15) is 0 Å². The van der Waals surface area contributed by atoms with E-state index in [1.807, 2.05) is 18.2 Å². The van der Waals surface area contributed by atoms with Gasteiger partial charge in [0.25, 0.3) is 0 Å². The molecule has 0 radical (unpaired) electrons. The largest absolute Gasteiger partial charge is 0.497 e. The molecule has 0 bridgehead atoms. The molecule has 0 unspecified atom stereocenters. The Balaban J connectivity index is 1.62. The number of anilines is 1. The van der Waals surface area contributed by atoms with Crippen molar-refractivity contribution in [3.8, 4) is 23.0 Å². The number of ether oxygens (including phenoxy) is 1. The number of rotatable bonds is 7. The molecule has 0 saturated carbocycles. The Morgan fingerprint density at radius 1 is 1.06 bits per heavy atom. The number of amides is 1. The standard InChI is InChI=1S/C22H17F2N5O2S/c1-31-15-7-4-6-14(12-15)29-21(18-10-2-3-11-25-18)27-28-22(29)32-13-19(30)26-20-16(23)8-5-9-17(20)24/h2-12H,13H2,1H3,(H,26,30). The molecular weight excluding hydrogens is 436 g/mol. The smallest absolute Gasteiger partial charge is 0.235 e. The summed E-state index contributed by atoms with van der Waals surface area (Å²) in [4.78, 5) is 16.7. The minimum Gasteiger partial charge on any atom is -0.497 e. The van der Waals surface area contributed by atoms with Gasteiger partial charge in [0.1, 0.15) is 28.8 Å². The van der Waals surface area contributed by atoms with Crippen LogP contribution in [-0.2, 0) is 4.79 Å². The lowest BCUT2D eigenvalue weighted by molar-refractivity contribution is -0.113. The first kappa shape index (κ1) is 21.4. The second-order valence-corrected chi connectivity index (χ2v) is 7.43. The molecule has 7 nitrogen and oxygen atoms in total. The lowest BCUT2D eigenvalue weighted by Crippen LogP contribution is -2.16. The van der Waals surface area contributed by atoms with E-state index in [2.05, 4.69) is 20.5 Å². The molecule has 0 aliphatic heterocycles. The first-order valence-electron chi connectivity index (χ1n) is 9.44. The molecule has 4 aromatic rings. The fourth-order valence-corrected chi connectivity index (χ4v) is 3.68. The number of pyridine rings is 1. The van der Waals surface area contributed by atoms with Gasteiger partial charge < -0.3 is 10.1 Å². The van der Waals surface area contributed by atoms with E-state index in [0.717, 1.165) is 23.9 Å². The summed E-state index contributed by atoms with van der Waals surface area (Å²) >= 11 is 1.07. The number of benzene rings is 2. The van der Waals surface area contributed by atoms with E-state index in [1.54, 1.807) is 42.1 Å². The molecule has 32 heavy (non-hydrogen) atoms. The monoisotopic (exact) mass is 453 g/mol. The number of halogens is 2. The van der Waals surface area contributed by atoms with Crippen molar-refractivity contribution in [1.29, 1.82) is 0 Å². The lowest BCUT2D eigenvalue weighted by Gasteiger charge is -2.11. The van der Waals surface area contributed by atoms with Crippen LogP contribution in [0.2, 0.25) is 0 Å². The first-order valence-corrected chi connectivity index (χ1v) is 10.4. The van der Waals surface area contributed by atoms with Crippen molar-refractivity contribution in [3.05, 3.63) is 78.5 Å². The molecule has 2 aromatic carbocycles. The van der Waals surface area contributed by atoms with Gasteiger partial charge in [0.05, 0.1) is 18.6 Å². The van der Waals surface area contributed by atoms with Gasteiger partial charge in [0.2, 0.25) is 5.91 Å². The molecule has 0 aliphatic rings. The summed E-state index contributed by atoms with van der Waals surface area (Å²) < 4.78 is 34.7. The van der Waals surface area contributed by atoms with Crippen LogP contribution >= 0.6 is 11.8 Å². The number of aromatic nitrogens is 4. The van der Waals surface area contributed by atoms with Gasteiger partial charge in [0, 0.05) is 12.3 Å². The van der Waals surface area contributed by atoms with Crippen molar-refractivity contribution in [1.82, 2.24) is 19.7 Å². The van der Waals surface area contributed by atoms with Crippen LogP contribution < -0.4 is 10.1 Å². The summed E-state index contributed by atoms with van der Waals surface area (Å²) in [6.45, 7) is 0. The highest BCUT2D eigenvalue weighted by molar-refractivity contribution is 7.99. The van der Waals surface area contributed by atoms with Crippen LogP contribution in [-0.4, -0.2) is 38.5 Å². The Morgan fingerprint density at radius 3 is 2.56 bits per heavy atom. The van der Waals surface area contributed by atoms with Gasteiger partial charge in [0.15, 0.2) is 11.0 Å². The topological polar surface area (TPSA) is 81.9 Å². The van der Waals surface area contributed by atoms with Crippen LogP contribution in [0.3, 0.4) is 0 Å². The van der Waals surface area contributed by atoms with Crippen LogP contribution in [0.4, 0.5) is 14.5 Å². The van der Waals surface area contributed by atoms with Crippen LogP contribution in [0.5, 0.6) is 5.75 Å². The molecule has 4 rings (SSSR count). The molecule has 1 amide bonds. The molecule has 2 heterocycles. The molecule has 10 heteroatoms. The molecular formula is C22H17F2N5O2S. The number of carbonyl (C=O) groups excluding carboxylic acids is 1. The molecule has 1 N–H and O–H groups in total. The maximum atomic E-state index is 13.8. The molecule has 0 fully saturated rings. The Morgan fingerprint density at radius 2 is 1.84 bits per heavy atom. The lowest BCUT2D eigenvalue weighted by atomic mass is 10.2. The number of hydrogen-bond donors (Lipinski definition) is 1. The minimum absolute atomic E-state index is 0.141. The zero-order valence-electron chi connectivity index (χ0n) is 16.8. The SMILES string of the molecule is COc1cccc(-n2c(SCC(=O)Nc3c(F)cccc3F)nnc2-c2ccccn2)c1. The van der Waals surface area contributed by atoms with Crippen LogP contribution in [0.25, 0.3) is 17.2 Å². The fraction of sp³-hybridized carbons (Fsp3) is 0.0909. The van der Waals surface area contributed by atoms with E-state index in [9.17, 15) is 13.6 Å². The normalized spacial score (nSPS) is 10.7. The van der Waals surface area contributed by atoms with Gasteiger partial charge in [-0.3, -0.25) is 14.3 Å². The van der Waals surface area contributed by atoms with E-state index in [4.69, 9.17) is 4.74 Å². The summed E-state index contributed by atoms with van der Waals surface area (Å²) in [6, 6.07) is 16.1. The van der Waals surface area contributed by atoms with Crippen LogP contribution in [0.1, 0.15) is 0 Å². The minimum atomic E-state index is -0.847. The van der Waals surface area contributed by atoms with Gasteiger partial charge in [-0.25, -0.2) is 8.78 Å². The second-order valence-electron chi connectivity index (χ2n) is 6.49. The Labute approximate surface area is 186 Å². The summed E-state index contributed by atoms with van der Waals surface area (Å²) in [5.74, 6) is -1.31. The third kappa shape index (κ3) is 4.59. The molecule has 0 spiro atoms. The highest BCUT2D eigenvalue weighted by Gasteiger charge is 2.19. The van der Waals surface area contributed by atoms with E-state index in [-0.39, 0.29) is 5.75 Å². The molecule has 0 aliphatic carbocycles. The van der Waals surface area contributed by atoms with Gasteiger partial charge >= 0.3 is 0 Å². The van der Waals surface area contributed by atoms with Crippen molar-refractivity contribution >= 4 is 23.4 Å². The summed E-state index contributed by atoms with van der Waals surface area (Å²) in [5.41, 5.74) is 0.812. The summed E-state index contributed by atoms with van der Waals surface area (Å²) in [7, 11) is 1.56. The average Bonchev–Trinajstić information content (AvgIpc) is 3.25. The zero-order valence-corrected chi connectivity index (χ0v) is 17.6. The summed E-state index contributed by atoms with van der Waals surface area (Å²) in [6.07, 6.45) is 1.64. The van der Waals surface area contributed by atoms with Crippen LogP contribution in [0, 0.1) is 11.6 Å².